The van der Waals surface area contributed by atoms with Gasteiger partial charge in [0.1, 0.15) is 23.8 Å². The van der Waals surface area contributed by atoms with E-state index in [1.54, 1.807) is 9.58 Å². The number of nitrogens with zero attached hydrogens (tertiary/aromatic N) is 4. The van der Waals surface area contributed by atoms with Gasteiger partial charge in [-0.2, -0.15) is 0 Å². The van der Waals surface area contributed by atoms with Crippen LogP contribution in [0.25, 0.3) is 11.0 Å². The van der Waals surface area contributed by atoms with Gasteiger partial charge in [0.2, 0.25) is 17.7 Å². The number of likely N-dealkylation sites (tertiary alicyclic amines) is 1. The highest BCUT2D eigenvalue weighted by molar-refractivity contribution is 5.99. The van der Waals surface area contributed by atoms with Crippen molar-refractivity contribution in [1.82, 2.24) is 30.5 Å². The Morgan fingerprint density at radius 3 is 2.73 bits per heavy atom. The van der Waals surface area contributed by atoms with E-state index < -0.39 is 29.1 Å². The molecule has 2 unspecified atom stereocenters. The molecule has 0 aliphatic carbocycles. The summed E-state index contributed by atoms with van der Waals surface area (Å²) in [6.45, 7) is 4.90. The molecule has 3 saturated heterocycles. The molecule has 11 nitrogen and oxygen atoms in total. The first-order valence-electron chi connectivity index (χ1n) is 13.4. The molecule has 200 valence electrons. The SMILES string of the molecule is CCCNC(=O)[C@@H]1[C@H]2C(=O)N(CCCCO)C(C(=O)NCn3nnc4ccccc43)C23CC[C@@]1(CC)O3. The third kappa shape index (κ3) is 3.99. The van der Waals surface area contributed by atoms with Crippen molar-refractivity contribution < 1.29 is 24.2 Å². The van der Waals surface area contributed by atoms with Crippen molar-refractivity contribution in [1.29, 1.82) is 0 Å². The Bertz CT molecular complexity index is 1190. The van der Waals surface area contributed by atoms with E-state index in [1.807, 2.05) is 38.1 Å². The number of carbonyl (C=O) groups is 3. The summed E-state index contributed by atoms with van der Waals surface area (Å²) < 4.78 is 8.32. The number of aliphatic hydroxyl groups excluding tert-OH is 1. The molecule has 3 N–H and O–H groups in total. The van der Waals surface area contributed by atoms with Crippen LogP contribution in [0, 0.1) is 11.8 Å². The second kappa shape index (κ2) is 10.0. The van der Waals surface area contributed by atoms with Crippen molar-refractivity contribution in [3.05, 3.63) is 24.3 Å². The Balaban J connectivity index is 1.45. The molecule has 2 aromatic rings. The Morgan fingerprint density at radius 2 is 1.97 bits per heavy atom. The van der Waals surface area contributed by atoms with E-state index in [0.29, 0.717) is 45.2 Å². The van der Waals surface area contributed by atoms with Gasteiger partial charge in [-0.25, -0.2) is 4.68 Å². The van der Waals surface area contributed by atoms with E-state index in [-0.39, 0.29) is 31.0 Å². The van der Waals surface area contributed by atoms with E-state index >= 15 is 0 Å². The maximum absolute atomic E-state index is 13.9. The molecule has 3 aliphatic rings. The molecule has 0 radical (unpaired) electrons. The standard InChI is InChI=1S/C26H36N6O5/c1-3-13-27-22(34)19-20-24(36)31(14-7-8-15-33)21(26(20)12-11-25(19,4-2)37-26)23(35)28-16-32-18-10-6-5-9-17(18)29-30-32/h5-6,9-10,19-21,33H,3-4,7-8,11-16H2,1-2H3,(H,27,34)(H,28,35)/t19-,20-,21?,25+,26?/m0/s1. The van der Waals surface area contributed by atoms with Gasteiger partial charge in [-0.1, -0.05) is 31.2 Å². The minimum absolute atomic E-state index is 0.00430. The first-order valence-corrected chi connectivity index (χ1v) is 13.4. The second-order valence-corrected chi connectivity index (χ2v) is 10.4. The lowest BCUT2D eigenvalue weighted by molar-refractivity contribution is -0.148. The fourth-order valence-corrected chi connectivity index (χ4v) is 6.69. The van der Waals surface area contributed by atoms with Crippen LogP contribution >= 0.6 is 0 Å². The van der Waals surface area contributed by atoms with E-state index in [0.717, 1.165) is 17.5 Å². The average Bonchev–Trinajstić information content (AvgIpc) is 3.63. The predicted octanol–water partition coefficient (Wildman–Crippen LogP) is 0.959. The van der Waals surface area contributed by atoms with Crippen LogP contribution in [0.5, 0.6) is 0 Å². The molecule has 5 rings (SSSR count). The molecule has 3 aliphatic heterocycles. The summed E-state index contributed by atoms with van der Waals surface area (Å²) in [6.07, 6.45) is 3.61. The number of para-hydroxylation sites is 1. The van der Waals surface area contributed by atoms with Gasteiger partial charge >= 0.3 is 0 Å². The van der Waals surface area contributed by atoms with Gasteiger partial charge in [0.05, 0.1) is 23.0 Å². The molecule has 1 spiro atoms. The molecule has 3 fully saturated rings. The number of benzene rings is 1. The Labute approximate surface area is 215 Å². The van der Waals surface area contributed by atoms with Crippen molar-refractivity contribution in [2.45, 2.75) is 76.3 Å². The number of ether oxygens (including phenoxy) is 1. The molecule has 5 atom stereocenters. The van der Waals surface area contributed by atoms with Gasteiger partial charge in [0.25, 0.3) is 0 Å². The highest BCUT2D eigenvalue weighted by atomic mass is 16.5. The van der Waals surface area contributed by atoms with E-state index in [9.17, 15) is 19.5 Å². The van der Waals surface area contributed by atoms with Crippen LogP contribution in [-0.4, -0.2) is 79.7 Å². The average molecular weight is 513 g/mol. The minimum atomic E-state index is -1.06. The number of hydrogen-bond donors (Lipinski definition) is 3. The lowest BCUT2D eigenvalue weighted by Crippen LogP contribution is -2.55. The smallest absolute Gasteiger partial charge is 0.247 e. The third-order valence-corrected chi connectivity index (χ3v) is 8.39. The lowest BCUT2D eigenvalue weighted by atomic mass is 9.65. The zero-order chi connectivity index (χ0) is 26.2. The zero-order valence-electron chi connectivity index (χ0n) is 21.5. The van der Waals surface area contributed by atoms with Crippen LogP contribution in [0.3, 0.4) is 0 Å². The molecule has 4 heterocycles. The maximum atomic E-state index is 13.9. The normalized spacial score (nSPS) is 30.2. The Hall–Kier alpha value is -3.05. The van der Waals surface area contributed by atoms with Crippen molar-refractivity contribution in [3.63, 3.8) is 0 Å². The van der Waals surface area contributed by atoms with Gasteiger partial charge in [0, 0.05) is 19.7 Å². The molecule has 37 heavy (non-hydrogen) atoms. The number of rotatable bonds is 11. The zero-order valence-corrected chi connectivity index (χ0v) is 21.5. The number of carbonyl (C=O) groups excluding carboxylic acids is 3. The largest absolute Gasteiger partial charge is 0.396 e. The summed E-state index contributed by atoms with van der Waals surface area (Å²) >= 11 is 0. The van der Waals surface area contributed by atoms with Gasteiger partial charge in [-0.15, -0.1) is 5.10 Å². The summed E-state index contributed by atoms with van der Waals surface area (Å²) in [4.78, 5) is 42.7. The van der Waals surface area contributed by atoms with Gasteiger partial charge in [-0.3, -0.25) is 14.4 Å². The van der Waals surface area contributed by atoms with Crippen LogP contribution in [-0.2, 0) is 25.8 Å². The molecule has 1 aromatic heterocycles. The molecule has 11 heteroatoms. The third-order valence-electron chi connectivity index (χ3n) is 8.39. The maximum Gasteiger partial charge on any atom is 0.247 e. The van der Waals surface area contributed by atoms with Crippen molar-refractivity contribution in [3.8, 4) is 0 Å². The highest BCUT2D eigenvalue weighted by Gasteiger charge is 2.78. The van der Waals surface area contributed by atoms with Crippen molar-refractivity contribution in [2.24, 2.45) is 11.8 Å². The summed E-state index contributed by atoms with van der Waals surface area (Å²) in [7, 11) is 0. The quantitative estimate of drug-likeness (QED) is 0.381. The van der Waals surface area contributed by atoms with Crippen LogP contribution in [0.15, 0.2) is 24.3 Å². The fourth-order valence-electron chi connectivity index (χ4n) is 6.69. The summed E-state index contributed by atoms with van der Waals surface area (Å²) in [5.41, 5.74) is -0.303. The number of hydrogen-bond acceptors (Lipinski definition) is 7. The predicted molar refractivity (Wildman–Crippen MR) is 134 cm³/mol. The molecule has 0 saturated carbocycles. The van der Waals surface area contributed by atoms with Crippen LogP contribution in [0.4, 0.5) is 0 Å². The summed E-state index contributed by atoms with van der Waals surface area (Å²) in [5.74, 6) is -2.07. The van der Waals surface area contributed by atoms with Gasteiger partial charge in [-0.05, 0) is 50.7 Å². The number of unbranched alkanes of at least 4 members (excludes halogenated alkanes) is 1. The first kappa shape index (κ1) is 25.6. The number of nitrogens with one attached hydrogen (secondary N) is 2. The van der Waals surface area contributed by atoms with Crippen molar-refractivity contribution >= 4 is 28.8 Å². The second-order valence-electron chi connectivity index (χ2n) is 10.4. The Kier molecular flexibility index (Phi) is 6.93. The lowest BCUT2D eigenvalue weighted by Gasteiger charge is -2.34. The van der Waals surface area contributed by atoms with E-state index in [2.05, 4.69) is 20.9 Å². The Morgan fingerprint density at radius 1 is 1.16 bits per heavy atom. The number of amides is 3. The first-order chi connectivity index (χ1) is 17.9. The summed E-state index contributed by atoms with van der Waals surface area (Å²) in [6, 6.07) is 6.61. The van der Waals surface area contributed by atoms with Gasteiger partial charge in [0.15, 0.2) is 0 Å². The van der Waals surface area contributed by atoms with Crippen LogP contribution < -0.4 is 10.6 Å². The molecule has 2 bridgehead atoms. The van der Waals surface area contributed by atoms with Gasteiger partial charge < -0.3 is 25.4 Å². The van der Waals surface area contributed by atoms with Crippen LogP contribution in [0.2, 0.25) is 0 Å². The molecule has 1 aromatic carbocycles. The van der Waals surface area contributed by atoms with E-state index in [4.69, 9.17) is 4.74 Å². The molecular formula is C26H36N6O5. The molecular weight excluding hydrogens is 476 g/mol. The highest BCUT2D eigenvalue weighted by Crippen LogP contribution is 2.64. The summed E-state index contributed by atoms with van der Waals surface area (Å²) in [5, 5.41) is 23.5. The van der Waals surface area contributed by atoms with E-state index in [1.165, 1.54) is 0 Å². The molecule has 3 amide bonds. The topological polar surface area (TPSA) is 139 Å². The number of fused-ring (bicyclic) bond motifs is 2. The number of aromatic nitrogens is 3. The van der Waals surface area contributed by atoms with Crippen molar-refractivity contribution in [2.75, 3.05) is 19.7 Å². The van der Waals surface area contributed by atoms with Crippen LogP contribution in [0.1, 0.15) is 52.4 Å². The fraction of sp³-hybridized carbons (Fsp3) is 0.654. The monoisotopic (exact) mass is 512 g/mol. The minimum Gasteiger partial charge on any atom is -0.396 e. The number of aliphatic hydroxyl groups is 1.